The predicted octanol–water partition coefficient (Wildman–Crippen LogP) is 0.375. The molecular formula is C13H22N2O4. The number of hydrogen-bond donors (Lipinski definition) is 3. The fourth-order valence-corrected chi connectivity index (χ4v) is 2.96. The van der Waals surface area contributed by atoms with E-state index in [4.69, 9.17) is 5.11 Å². The Kier molecular flexibility index (Phi) is 4.42. The summed E-state index contributed by atoms with van der Waals surface area (Å²) >= 11 is 0. The summed E-state index contributed by atoms with van der Waals surface area (Å²) in [6.07, 6.45) is 5.50. The van der Waals surface area contributed by atoms with Crippen molar-refractivity contribution in [3.8, 4) is 0 Å². The number of amides is 3. The zero-order chi connectivity index (χ0) is 13.9. The Morgan fingerprint density at radius 1 is 1.16 bits per heavy atom. The summed E-state index contributed by atoms with van der Waals surface area (Å²) in [5, 5.41) is 21.1. The Bertz CT molecular complexity index is 351. The molecule has 3 N–H and O–H groups in total. The maximum atomic E-state index is 12.5. The van der Waals surface area contributed by atoms with E-state index in [1.54, 1.807) is 0 Å². The molecule has 19 heavy (non-hydrogen) atoms. The zero-order valence-electron chi connectivity index (χ0n) is 11.1. The molecule has 2 fully saturated rings. The van der Waals surface area contributed by atoms with Crippen LogP contribution in [0.15, 0.2) is 0 Å². The van der Waals surface area contributed by atoms with Crippen LogP contribution in [0.25, 0.3) is 0 Å². The number of hydrogen-bond acceptors (Lipinski definition) is 4. The van der Waals surface area contributed by atoms with Crippen LogP contribution < -0.4 is 5.32 Å². The van der Waals surface area contributed by atoms with Gasteiger partial charge in [0.15, 0.2) is 0 Å². The number of carbonyl (C=O) groups excluding carboxylic acids is 2. The molecule has 2 aliphatic rings. The second-order valence-electron chi connectivity index (χ2n) is 5.53. The third-order valence-corrected chi connectivity index (χ3v) is 4.06. The lowest BCUT2D eigenvalue weighted by Gasteiger charge is -2.28. The molecular weight excluding hydrogens is 248 g/mol. The summed E-state index contributed by atoms with van der Waals surface area (Å²) in [6, 6.07) is -0.446. The molecule has 1 atom stereocenters. The highest BCUT2D eigenvalue weighted by Crippen LogP contribution is 2.32. The predicted molar refractivity (Wildman–Crippen MR) is 68.4 cm³/mol. The zero-order valence-corrected chi connectivity index (χ0v) is 11.1. The van der Waals surface area contributed by atoms with Gasteiger partial charge in [-0.15, -0.1) is 0 Å². The lowest BCUT2D eigenvalue weighted by molar-refractivity contribution is -0.133. The van der Waals surface area contributed by atoms with Gasteiger partial charge in [0.25, 0.3) is 5.91 Å². The first-order valence-corrected chi connectivity index (χ1v) is 7.02. The first kappa shape index (κ1) is 14.3. The van der Waals surface area contributed by atoms with Crippen LogP contribution in [-0.2, 0) is 4.79 Å². The number of aliphatic hydroxyl groups is 2. The summed E-state index contributed by atoms with van der Waals surface area (Å²) in [5.41, 5.74) is -0.771. The summed E-state index contributed by atoms with van der Waals surface area (Å²) in [7, 11) is 0. The van der Waals surface area contributed by atoms with E-state index in [-0.39, 0.29) is 12.5 Å². The highest BCUT2D eigenvalue weighted by atomic mass is 16.3. The van der Waals surface area contributed by atoms with E-state index >= 15 is 0 Å². The van der Waals surface area contributed by atoms with Crippen molar-refractivity contribution in [2.75, 3.05) is 13.2 Å². The van der Waals surface area contributed by atoms with E-state index in [1.165, 1.54) is 6.42 Å². The number of rotatable bonds is 3. The van der Waals surface area contributed by atoms with Crippen LogP contribution in [0.2, 0.25) is 0 Å². The first-order valence-electron chi connectivity index (χ1n) is 7.02. The topological polar surface area (TPSA) is 89.9 Å². The number of β-amino-alcohol motifs (C(OH)–C–C–N with tert-alkyl or cyclic N) is 1. The largest absolute Gasteiger partial charge is 0.394 e. The number of imide groups is 1. The van der Waals surface area contributed by atoms with E-state index in [2.05, 4.69) is 5.32 Å². The molecule has 6 heteroatoms. The summed E-state index contributed by atoms with van der Waals surface area (Å²) in [6.45, 7) is -0.590. The van der Waals surface area contributed by atoms with Gasteiger partial charge in [-0.2, -0.15) is 0 Å². The monoisotopic (exact) mass is 270 g/mol. The molecule has 3 amide bonds. The Morgan fingerprint density at radius 3 is 2.32 bits per heavy atom. The standard InChI is InChI=1S/C13H22N2O4/c16-9-10(17)8-15-11(18)13(14-12(15)19)6-4-2-1-3-5-7-13/h10,16-17H,1-9H2,(H,14,19). The summed E-state index contributed by atoms with van der Waals surface area (Å²) < 4.78 is 0. The van der Waals surface area contributed by atoms with Crippen molar-refractivity contribution in [2.45, 2.75) is 56.6 Å². The van der Waals surface area contributed by atoms with Gasteiger partial charge in [-0.1, -0.05) is 32.1 Å². The molecule has 108 valence electrons. The van der Waals surface area contributed by atoms with Gasteiger partial charge in [0.1, 0.15) is 5.54 Å². The minimum atomic E-state index is -1.07. The maximum Gasteiger partial charge on any atom is 0.325 e. The van der Waals surface area contributed by atoms with E-state index in [0.29, 0.717) is 12.8 Å². The van der Waals surface area contributed by atoms with Crippen LogP contribution in [0, 0.1) is 0 Å². The van der Waals surface area contributed by atoms with Crippen LogP contribution in [0.4, 0.5) is 4.79 Å². The van der Waals surface area contributed by atoms with Gasteiger partial charge in [0.05, 0.1) is 19.3 Å². The highest BCUT2D eigenvalue weighted by molar-refractivity contribution is 6.07. The van der Waals surface area contributed by atoms with Crippen LogP contribution >= 0.6 is 0 Å². The second kappa shape index (κ2) is 5.88. The molecule has 0 bridgehead atoms. The van der Waals surface area contributed by atoms with Gasteiger partial charge in [0.2, 0.25) is 0 Å². The molecule has 1 unspecified atom stereocenters. The number of urea groups is 1. The normalized spacial score (nSPS) is 25.1. The quantitative estimate of drug-likeness (QED) is 0.646. The molecule has 0 radical (unpaired) electrons. The van der Waals surface area contributed by atoms with Crippen molar-refractivity contribution in [1.29, 1.82) is 0 Å². The fraction of sp³-hybridized carbons (Fsp3) is 0.846. The highest BCUT2D eigenvalue weighted by Gasteiger charge is 2.50. The van der Waals surface area contributed by atoms with Crippen molar-refractivity contribution >= 4 is 11.9 Å². The average molecular weight is 270 g/mol. The van der Waals surface area contributed by atoms with Crippen LogP contribution in [-0.4, -0.2) is 51.8 Å². The molecule has 6 nitrogen and oxygen atoms in total. The minimum absolute atomic E-state index is 0.136. The Hall–Kier alpha value is -1.14. The molecule has 0 aromatic rings. The van der Waals surface area contributed by atoms with Gasteiger partial charge in [-0.25, -0.2) is 4.79 Å². The fourth-order valence-electron chi connectivity index (χ4n) is 2.96. The number of aliphatic hydroxyl groups excluding tert-OH is 2. The lowest BCUT2D eigenvalue weighted by atomic mass is 9.84. The smallest absolute Gasteiger partial charge is 0.325 e. The molecule has 1 spiro atoms. The number of nitrogens with one attached hydrogen (secondary N) is 1. The molecule has 1 aliphatic carbocycles. The Balaban J connectivity index is 2.10. The van der Waals surface area contributed by atoms with E-state index < -0.39 is 24.3 Å². The van der Waals surface area contributed by atoms with Crippen molar-refractivity contribution in [2.24, 2.45) is 0 Å². The summed E-state index contributed by atoms with van der Waals surface area (Å²) in [5.74, 6) is -0.244. The van der Waals surface area contributed by atoms with E-state index in [9.17, 15) is 14.7 Å². The maximum absolute atomic E-state index is 12.5. The van der Waals surface area contributed by atoms with Crippen molar-refractivity contribution in [1.82, 2.24) is 10.2 Å². The van der Waals surface area contributed by atoms with Crippen LogP contribution in [0.1, 0.15) is 44.9 Å². The molecule has 1 heterocycles. The Morgan fingerprint density at radius 2 is 1.74 bits per heavy atom. The van der Waals surface area contributed by atoms with Crippen LogP contribution in [0.5, 0.6) is 0 Å². The van der Waals surface area contributed by atoms with Gasteiger partial charge < -0.3 is 15.5 Å². The first-order chi connectivity index (χ1) is 9.09. The SMILES string of the molecule is O=C1NC2(CCCCCCC2)C(=O)N1CC(O)CO. The van der Waals surface area contributed by atoms with Crippen molar-refractivity contribution in [3.05, 3.63) is 0 Å². The van der Waals surface area contributed by atoms with Gasteiger partial charge in [-0.05, 0) is 12.8 Å². The van der Waals surface area contributed by atoms with E-state index in [0.717, 1.165) is 30.6 Å². The molecule has 2 rings (SSSR count). The Labute approximate surface area is 112 Å². The summed E-state index contributed by atoms with van der Waals surface area (Å²) in [4.78, 5) is 25.4. The van der Waals surface area contributed by atoms with Crippen molar-refractivity contribution < 1.29 is 19.8 Å². The van der Waals surface area contributed by atoms with E-state index in [1.807, 2.05) is 0 Å². The third-order valence-electron chi connectivity index (χ3n) is 4.06. The van der Waals surface area contributed by atoms with Gasteiger partial charge in [0, 0.05) is 0 Å². The van der Waals surface area contributed by atoms with Crippen LogP contribution in [0.3, 0.4) is 0 Å². The number of nitrogens with zero attached hydrogens (tertiary/aromatic N) is 1. The molecule has 1 saturated heterocycles. The third kappa shape index (κ3) is 2.90. The second-order valence-corrected chi connectivity index (χ2v) is 5.53. The molecule has 1 aliphatic heterocycles. The van der Waals surface area contributed by atoms with Crippen molar-refractivity contribution in [3.63, 3.8) is 0 Å². The molecule has 0 aromatic heterocycles. The minimum Gasteiger partial charge on any atom is -0.394 e. The molecule has 1 saturated carbocycles. The average Bonchev–Trinajstić information content (AvgIpc) is 2.59. The van der Waals surface area contributed by atoms with Gasteiger partial charge in [-0.3, -0.25) is 9.69 Å². The lowest BCUT2D eigenvalue weighted by Crippen LogP contribution is -2.47. The molecule has 0 aromatic carbocycles. The number of carbonyl (C=O) groups is 2. The van der Waals surface area contributed by atoms with Gasteiger partial charge >= 0.3 is 6.03 Å².